The van der Waals surface area contributed by atoms with Crippen molar-refractivity contribution in [3.63, 3.8) is 0 Å². The Bertz CT molecular complexity index is 2280. The molecule has 2 aliphatic rings. The fourth-order valence-electron chi connectivity index (χ4n) is 8.29. The molecule has 2 N–H and O–H groups in total. The summed E-state index contributed by atoms with van der Waals surface area (Å²) in [6.07, 6.45) is 4.78. The minimum atomic E-state index is -1.07. The fourth-order valence-corrected chi connectivity index (χ4v) is 8.60. The molecule has 10 heteroatoms. The summed E-state index contributed by atoms with van der Waals surface area (Å²) in [5.74, 6) is 0.575. The van der Waals surface area contributed by atoms with E-state index in [9.17, 15) is 14.7 Å². The van der Waals surface area contributed by atoms with Crippen molar-refractivity contribution in [3.05, 3.63) is 146 Å². The Balaban J connectivity index is 1.03. The number of carboxylic acid groups (broad SMARTS) is 1. The minimum Gasteiger partial charge on any atom is -0.493 e. The fraction of sp³-hybridized carbons (Fsp3) is 0.354. The average Bonchev–Trinajstić information content (AvgIpc) is 3.42. The van der Waals surface area contributed by atoms with Crippen molar-refractivity contribution in [3.8, 4) is 22.6 Å². The number of pyridine rings is 1. The van der Waals surface area contributed by atoms with E-state index in [1.165, 1.54) is 11.1 Å². The smallest absolute Gasteiger partial charge is 0.326 e. The van der Waals surface area contributed by atoms with Gasteiger partial charge in [-0.05, 0) is 146 Å². The van der Waals surface area contributed by atoms with Crippen molar-refractivity contribution in [2.45, 2.75) is 103 Å². The van der Waals surface area contributed by atoms with E-state index in [0.29, 0.717) is 29.6 Å². The largest absolute Gasteiger partial charge is 0.493 e. The summed E-state index contributed by atoms with van der Waals surface area (Å²) in [7, 11) is 0. The highest BCUT2D eigenvalue weighted by molar-refractivity contribution is 6.42. The number of nitrogens with one attached hydrogen (secondary N) is 1. The van der Waals surface area contributed by atoms with E-state index in [4.69, 9.17) is 32.7 Å². The summed E-state index contributed by atoms with van der Waals surface area (Å²) in [6, 6.07) is 26.7. The first-order chi connectivity index (χ1) is 27.9. The molecular formula is C48H51Cl2N3O5. The van der Waals surface area contributed by atoms with Crippen LogP contribution in [0.4, 0.5) is 0 Å². The molecule has 0 saturated heterocycles. The number of benzene rings is 4. The highest BCUT2D eigenvalue weighted by Gasteiger charge is 2.36. The lowest BCUT2D eigenvalue weighted by molar-refractivity contribution is -0.143. The normalized spacial score (nSPS) is 17.7. The molecule has 2 aliphatic heterocycles. The van der Waals surface area contributed by atoms with Crippen LogP contribution in [0.1, 0.15) is 90.3 Å². The third-order valence-corrected chi connectivity index (χ3v) is 12.5. The molecule has 8 nitrogen and oxygen atoms in total. The average molecular weight is 821 g/mol. The van der Waals surface area contributed by atoms with Gasteiger partial charge in [-0.1, -0.05) is 78.7 Å². The molecule has 5 aromatic rings. The van der Waals surface area contributed by atoms with Crippen LogP contribution in [0.15, 0.2) is 91.1 Å². The number of aryl methyl sites for hydroxylation is 1. The van der Waals surface area contributed by atoms with Gasteiger partial charge in [-0.25, -0.2) is 4.79 Å². The predicted molar refractivity (Wildman–Crippen MR) is 230 cm³/mol. The van der Waals surface area contributed by atoms with Crippen LogP contribution in [0.3, 0.4) is 0 Å². The van der Waals surface area contributed by atoms with Gasteiger partial charge in [-0.2, -0.15) is 0 Å². The van der Waals surface area contributed by atoms with Crippen LogP contribution < -0.4 is 14.8 Å². The van der Waals surface area contributed by atoms with Gasteiger partial charge in [0, 0.05) is 30.9 Å². The molecule has 1 aromatic heterocycles. The molecule has 0 aliphatic carbocycles. The van der Waals surface area contributed by atoms with Crippen molar-refractivity contribution in [1.82, 2.24) is 15.2 Å². The van der Waals surface area contributed by atoms with Gasteiger partial charge in [-0.15, -0.1) is 0 Å². The molecule has 302 valence electrons. The number of nitrogens with zero attached hydrogens (tertiary/aromatic N) is 2. The van der Waals surface area contributed by atoms with Crippen LogP contribution in [-0.2, 0) is 35.4 Å². The molecule has 3 heterocycles. The highest BCUT2D eigenvalue weighted by atomic mass is 35.5. The van der Waals surface area contributed by atoms with E-state index in [1.54, 1.807) is 12.3 Å². The highest BCUT2D eigenvalue weighted by Crippen LogP contribution is 2.38. The lowest BCUT2D eigenvalue weighted by Gasteiger charge is -2.39. The third kappa shape index (κ3) is 9.20. The zero-order valence-electron chi connectivity index (χ0n) is 33.7. The molecule has 0 bridgehead atoms. The number of carbonyl (C=O) groups is 2. The molecule has 0 unspecified atom stereocenters. The van der Waals surface area contributed by atoms with Gasteiger partial charge in [0.25, 0.3) is 0 Å². The first-order valence-corrected chi connectivity index (χ1v) is 20.9. The number of ether oxygens (including phenoxy) is 2. The van der Waals surface area contributed by atoms with Gasteiger partial charge in [0.1, 0.15) is 23.6 Å². The van der Waals surface area contributed by atoms with Gasteiger partial charge in [0.15, 0.2) is 0 Å². The molecule has 7 rings (SSSR count). The summed E-state index contributed by atoms with van der Waals surface area (Å²) in [5, 5.41) is 14.2. The number of halogens is 2. The first-order valence-electron chi connectivity index (χ1n) is 20.2. The molecule has 4 atom stereocenters. The van der Waals surface area contributed by atoms with E-state index in [-0.39, 0.29) is 30.4 Å². The second-order valence-corrected chi connectivity index (χ2v) is 16.7. The van der Waals surface area contributed by atoms with Gasteiger partial charge < -0.3 is 19.9 Å². The summed E-state index contributed by atoms with van der Waals surface area (Å²) in [6.45, 7) is 11.4. The van der Waals surface area contributed by atoms with Gasteiger partial charge >= 0.3 is 5.97 Å². The maximum atomic E-state index is 14.0. The Kier molecular flexibility index (Phi) is 12.8. The Morgan fingerprint density at radius 3 is 2.38 bits per heavy atom. The van der Waals surface area contributed by atoms with E-state index >= 15 is 0 Å². The van der Waals surface area contributed by atoms with Crippen LogP contribution in [-0.4, -0.2) is 51.6 Å². The molecular weight excluding hydrogens is 769 g/mol. The molecule has 0 radical (unpaired) electrons. The maximum Gasteiger partial charge on any atom is 0.326 e. The van der Waals surface area contributed by atoms with Crippen LogP contribution in [0.5, 0.6) is 11.5 Å². The van der Waals surface area contributed by atoms with Crippen LogP contribution in [0, 0.1) is 13.8 Å². The SMILES string of the molecule is CC[C@@H](Oc1ccc([C@@H]2CCOc3cc4c(cc3C2)CN(C(C)C)[C@H](C(=O)N[C@@H](Cc2ccc(-c3ccnc(C)c3C)cc2)C(=O)O)C4)cc1)c1ccc(Cl)c(Cl)c1. The molecule has 1 amide bonds. The minimum absolute atomic E-state index is 0.0625. The predicted octanol–water partition coefficient (Wildman–Crippen LogP) is 10.3. The summed E-state index contributed by atoms with van der Waals surface area (Å²) in [4.78, 5) is 33.1. The zero-order valence-corrected chi connectivity index (χ0v) is 35.2. The Hall–Kier alpha value is -4.89. The number of hydrogen-bond donors (Lipinski definition) is 2. The van der Waals surface area contributed by atoms with E-state index < -0.39 is 18.1 Å². The number of carbonyl (C=O) groups excluding carboxylic acids is 1. The summed E-state index contributed by atoms with van der Waals surface area (Å²) < 4.78 is 12.7. The number of aliphatic carboxylic acids is 1. The molecule has 4 aromatic carbocycles. The molecule has 0 fully saturated rings. The van der Waals surface area contributed by atoms with Crippen molar-refractivity contribution in [2.75, 3.05) is 6.61 Å². The van der Waals surface area contributed by atoms with Crippen molar-refractivity contribution >= 4 is 35.1 Å². The number of carboxylic acids is 1. The van der Waals surface area contributed by atoms with Gasteiger partial charge in [-0.3, -0.25) is 14.7 Å². The van der Waals surface area contributed by atoms with E-state index in [0.717, 1.165) is 75.4 Å². The van der Waals surface area contributed by atoms with Crippen molar-refractivity contribution in [1.29, 1.82) is 0 Å². The second kappa shape index (κ2) is 17.9. The standard InChI is InChI=1S/C48H51Cl2N3O5/c1-6-45(35-13-16-41(49)42(50)24-35)58-39-14-11-32(12-15-39)34-18-20-57-46-26-36-25-44(53(28(2)3)27-38(36)23-37(46)22-34)47(54)52-43(48(55)56)21-31-7-9-33(10-8-31)40-17-19-51-30(5)29(40)4/h7-17,19,23-24,26,28,34,43-45H,6,18,20-22,25,27H2,1-5H3,(H,52,54)(H,55,56)/t34-,43+,44+,45-/m1/s1. The molecule has 58 heavy (non-hydrogen) atoms. The maximum absolute atomic E-state index is 14.0. The number of rotatable bonds is 12. The Labute approximate surface area is 351 Å². The summed E-state index contributed by atoms with van der Waals surface area (Å²) in [5.41, 5.74) is 10.7. The van der Waals surface area contributed by atoms with Gasteiger partial charge in [0.05, 0.1) is 22.7 Å². The van der Waals surface area contributed by atoms with Crippen LogP contribution >= 0.6 is 23.2 Å². The van der Waals surface area contributed by atoms with Crippen molar-refractivity contribution in [2.24, 2.45) is 0 Å². The zero-order chi connectivity index (χ0) is 41.1. The van der Waals surface area contributed by atoms with Gasteiger partial charge in [0.2, 0.25) is 5.91 Å². The number of fused-ring (bicyclic) bond motifs is 2. The number of amides is 1. The number of hydrogen-bond acceptors (Lipinski definition) is 6. The van der Waals surface area contributed by atoms with E-state index in [2.05, 4.69) is 60.2 Å². The monoisotopic (exact) mass is 819 g/mol. The Morgan fingerprint density at radius 2 is 1.69 bits per heavy atom. The lowest BCUT2D eigenvalue weighted by Crippen LogP contribution is -2.56. The summed E-state index contributed by atoms with van der Waals surface area (Å²) >= 11 is 12.4. The topological polar surface area (TPSA) is 101 Å². The number of aromatic nitrogens is 1. The van der Waals surface area contributed by atoms with Crippen LogP contribution in [0.25, 0.3) is 11.1 Å². The Morgan fingerprint density at radius 1 is 0.931 bits per heavy atom. The van der Waals surface area contributed by atoms with Crippen molar-refractivity contribution < 1.29 is 24.2 Å². The van der Waals surface area contributed by atoms with Crippen LogP contribution in [0.2, 0.25) is 10.0 Å². The first kappa shape index (κ1) is 41.3. The third-order valence-electron chi connectivity index (χ3n) is 11.8. The quantitative estimate of drug-likeness (QED) is 0.129. The molecule has 0 spiro atoms. The van der Waals surface area contributed by atoms with E-state index in [1.807, 2.05) is 68.4 Å². The second-order valence-electron chi connectivity index (χ2n) is 15.9. The lowest BCUT2D eigenvalue weighted by atomic mass is 9.86. The molecule has 0 saturated carbocycles.